The van der Waals surface area contributed by atoms with E-state index in [9.17, 15) is 9.59 Å². The van der Waals surface area contributed by atoms with Crippen molar-refractivity contribution in [2.24, 2.45) is 0 Å². The van der Waals surface area contributed by atoms with Gasteiger partial charge >= 0.3 is 6.03 Å². The summed E-state index contributed by atoms with van der Waals surface area (Å²) in [4.78, 5) is 32.0. The van der Waals surface area contributed by atoms with Gasteiger partial charge in [-0.25, -0.2) is 4.79 Å². The minimum absolute atomic E-state index is 0.0732. The van der Waals surface area contributed by atoms with Crippen LogP contribution >= 0.6 is 0 Å². The molecule has 1 aliphatic rings. The lowest BCUT2D eigenvalue weighted by atomic mass is 10.0. The molecule has 1 aliphatic heterocycles. The molecule has 1 N–H and O–H groups in total. The average Bonchev–Trinajstić information content (AvgIpc) is 2.57. The highest BCUT2D eigenvalue weighted by atomic mass is 16.2. The third-order valence-electron chi connectivity index (χ3n) is 4.08. The number of nitrogens with zero attached hydrogens (tertiary/aromatic N) is 3. The van der Waals surface area contributed by atoms with Crippen LogP contribution in [0.4, 0.5) is 4.79 Å². The maximum atomic E-state index is 12.3. The highest BCUT2D eigenvalue weighted by Gasteiger charge is 2.26. The fraction of sp³-hybridized carbons (Fsp3) is 0.562. The molecule has 6 nitrogen and oxygen atoms in total. The maximum Gasteiger partial charge on any atom is 0.319 e. The van der Waals surface area contributed by atoms with Crippen LogP contribution in [0.5, 0.6) is 0 Å². The van der Waals surface area contributed by atoms with Crippen molar-refractivity contribution in [3.05, 3.63) is 30.1 Å². The first-order valence-corrected chi connectivity index (χ1v) is 7.90. The Morgan fingerprint density at radius 3 is 2.36 bits per heavy atom. The number of rotatable bonds is 4. The van der Waals surface area contributed by atoms with Crippen LogP contribution in [0.3, 0.4) is 0 Å². The van der Waals surface area contributed by atoms with Crippen LogP contribution < -0.4 is 5.32 Å². The number of amides is 3. The number of hydrogen-bond donors (Lipinski definition) is 1. The molecule has 1 fully saturated rings. The summed E-state index contributed by atoms with van der Waals surface area (Å²) in [5.41, 5.74) is 0.622. The van der Waals surface area contributed by atoms with Crippen molar-refractivity contribution in [1.82, 2.24) is 20.1 Å². The van der Waals surface area contributed by atoms with Gasteiger partial charge in [0.25, 0.3) is 5.91 Å². The van der Waals surface area contributed by atoms with Crippen molar-refractivity contribution >= 4 is 11.9 Å². The first-order valence-electron chi connectivity index (χ1n) is 7.90. The van der Waals surface area contributed by atoms with E-state index in [0.717, 1.165) is 25.9 Å². The molecule has 0 spiro atoms. The molecule has 0 atom stereocenters. The molecule has 1 saturated heterocycles. The van der Waals surface area contributed by atoms with E-state index in [-0.39, 0.29) is 18.0 Å². The van der Waals surface area contributed by atoms with Crippen LogP contribution in [0.1, 0.15) is 37.0 Å². The number of piperidine rings is 1. The fourth-order valence-electron chi connectivity index (χ4n) is 2.68. The summed E-state index contributed by atoms with van der Waals surface area (Å²) >= 11 is 0. The van der Waals surface area contributed by atoms with Crippen LogP contribution in [0.2, 0.25) is 0 Å². The van der Waals surface area contributed by atoms with Crippen molar-refractivity contribution in [3.63, 3.8) is 0 Å². The van der Waals surface area contributed by atoms with E-state index in [1.807, 2.05) is 23.6 Å². The quantitative estimate of drug-likeness (QED) is 0.921. The number of aromatic nitrogens is 1. The molecule has 0 aromatic carbocycles. The van der Waals surface area contributed by atoms with Gasteiger partial charge in [0.05, 0.1) is 0 Å². The number of carbonyl (C=O) groups excluding carboxylic acids is 2. The van der Waals surface area contributed by atoms with Gasteiger partial charge in [-0.2, -0.15) is 0 Å². The molecule has 0 saturated carbocycles. The summed E-state index contributed by atoms with van der Waals surface area (Å²) in [6.45, 7) is 6.82. The van der Waals surface area contributed by atoms with E-state index in [1.165, 1.54) is 0 Å². The summed E-state index contributed by atoms with van der Waals surface area (Å²) < 4.78 is 0. The molecule has 22 heavy (non-hydrogen) atoms. The monoisotopic (exact) mass is 304 g/mol. The van der Waals surface area contributed by atoms with Crippen LogP contribution in [0.25, 0.3) is 0 Å². The minimum Gasteiger partial charge on any atom is -0.349 e. The van der Waals surface area contributed by atoms with Gasteiger partial charge in [0.1, 0.15) is 0 Å². The standard InChI is InChI=1S/C16H24N4O2/c1-3-19(4-2)16(22)20-11-7-14(8-12-20)18-15(21)13-5-9-17-10-6-13/h5-6,9-10,14H,3-4,7-8,11-12H2,1-2H3,(H,18,21). The number of urea groups is 1. The number of carbonyl (C=O) groups is 2. The smallest absolute Gasteiger partial charge is 0.319 e. The molecule has 3 amide bonds. The first kappa shape index (κ1) is 16.3. The lowest BCUT2D eigenvalue weighted by Gasteiger charge is -2.35. The lowest BCUT2D eigenvalue weighted by molar-refractivity contribution is 0.0911. The topological polar surface area (TPSA) is 65.5 Å². The second-order valence-electron chi connectivity index (χ2n) is 5.43. The van der Waals surface area contributed by atoms with E-state index in [4.69, 9.17) is 0 Å². The number of hydrogen-bond acceptors (Lipinski definition) is 3. The van der Waals surface area contributed by atoms with Crippen molar-refractivity contribution < 1.29 is 9.59 Å². The zero-order valence-electron chi connectivity index (χ0n) is 13.3. The molecule has 1 aromatic rings. The summed E-state index contributed by atoms with van der Waals surface area (Å²) in [6, 6.07) is 3.63. The Morgan fingerprint density at radius 1 is 1.23 bits per heavy atom. The van der Waals surface area contributed by atoms with Gasteiger partial charge in [-0.3, -0.25) is 9.78 Å². The molecule has 120 valence electrons. The van der Waals surface area contributed by atoms with Crippen LogP contribution in [-0.2, 0) is 0 Å². The van der Waals surface area contributed by atoms with Crippen LogP contribution in [0, 0.1) is 0 Å². The molecular formula is C16H24N4O2. The zero-order valence-corrected chi connectivity index (χ0v) is 13.3. The van der Waals surface area contributed by atoms with Gasteiger partial charge in [-0.05, 0) is 38.8 Å². The normalized spacial score (nSPS) is 15.5. The Hall–Kier alpha value is -2.11. The fourth-order valence-corrected chi connectivity index (χ4v) is 2.68. The molecular weight excluding hydrogens is 280 g/mol. The molecule has 0 bridgehead atoms. The highest BCUT2D eigenvalue weighted by Crippen LogP contribution is 2.13. The van der Waals surface area contributed by atoms with E-state index in [0.29, 0.717) is 18.7 Å². The molecule has 1 aromatic heterocycles. The number of likely N-dealkylation sites (tertiary alicyclic amines) is 1. The van der Waals surface area contributed by atoms with Crippen LogP contribution in [0.15, 0.2) is 24.5 Å². The number of pyridine rings is 1. The Morgan fingerprint density at radius 2 is 1.82 bits per heavy atom. The second-order valence-corrected chi connectivity index (χ2v) is 5.43. The predicted molar refractivity (Wildman–Crippen MR) is 84.6 cm³/mol. The molecule has 0 radical (unpaired) electrons. The molecule has 6 heteroatoms. The van der Waals surface area contributed by atoms with E-state index in [2.05, 4.69) is 10.3 Å². The van der Waals surface area contributed by atoms with Crippen molar-refractivity contribution in [3.8, 4) is 0 Å². The van der Waals surface area contributed by atoms with Gasteiger partial charge in [0.2, 0.25) is 0 Å². The Labute approximate surface area is 131 Å². The summed E-state index contributed by atoms with van der Waals surface area (Å²) in [5.74, 6) is -0.0732. The van der Waals surface area contributed by atoms with Crippen LogP contribution in [-0.4, -0.2) is 58.9 Å². The van der Waals surface area contributed by atoms with Crippen molar-refractivity contribution in [2.45, 2.75) is 32.7 Å². The zero-order chi connectivity index (χ0) is 15.9. The molecule has 2 rings (SSSR count). The molecule has 0 unspecified atom stereocenters. The van der Waals surface area contributed by atoms with Gasteiger partial charge in [-0.15, -0.1) is 0 Å². The third-order valence-corrected chi connectivity index (χ3v) is 4.08. The highest BCUT2D eigenvalue weighted by molar-refractivity contribution is 5.94. The average molecular weight is 304 g/mol. The summed E-state index contributed by atoms with van der Waals surface area (Å²) in [7, 11) is 0. The molecule has 0 aliphatic carbocycles. The Balaban J connectivity index is 1.82. The van der Waals surface area contributed by atoms with Gasteiger partial charge in [0, 0.05) is 50.2 Å². The Bertz CT molecular complexity index is 494. The molecule has 2 heterocycles. The van der Waals surface area contributed by atoms with Gasteiger partial charge in [-0.1, -0.05) is 0 Å². The van der Waals surface area contributed by atoms with Crippen molar-refractivity contribution in [1.29, 1.82) is 0 Å². The van der Waals surface area contributed by atoms with E-state index < -0.39 is 0 Å². The Kier molecular flexibility index (Phi) is 5.75. The lowest BCUT2D eigenvalue weighted by Crippen LogP contribution is -2.50. The largest absolute Gasteiger partial charge is 0.349 e. The third kappa shape index (κ3) is 3.96. The van der Waals surface area contributed by atoms with Crippen molar-refractivity contribution in [2.75, 3.05) is 26.2 Å². The second kappa shape index (κ2) is 7.77. The summed E-state index contributed by atoms with van der Waals surface area (Å²) in [6.07, 6.45) is 4.81. The van der Waals surface area contributed by atoms with E-state index in [1.54, 1.807) is 24.5 Å². The maximum absolute atomic E-state index is 12.3. The first-order chi connectivity index (χ1) is 10.7. The van der Waals surface area contributed by atoms with Gasteiger partial charge < -0.3 is 15.1 Å². The van der Waals surface area contributed by atoms with E-state index >= 15 is 0 Å². The SMILES string of the molecule is CCN(CC)C(=O)N1CCC(NC(=O)c2ccncc2)CC1. The predicted octanol–water partition coefficient (Wildman–Crippen LogP) is 1.74. The minimum atomic E-state index is -0.0732. The number of nitrogens with one attached hydrogen (secondary N) is 1. The summed E-state index contributed by atoms with van der Waals surface area (Å²) in [5, 5.41) is 3.03. The van der Waals surface area contributed by atoms with Gasteiger partial charge in [0.15, 0.2) is 0 Å².